The first-order valence-electron chi connectivity index (χ1n) is 9.87. The highest BCUT2D eigenvalue weighted by Gasteiger charge is 2.35. The summed E-state index contributed by atoms with van der Waals surface area (Å²) in [6.45, 7) is 15.7. The molecule has 1 aromatic carbocycles. The molecule has 0 aliphatic carbocycles. The predicted octanol–water partition coefficient (Wildman–Crippen LogP) is 4.69. The fourth-order valence-corrected chi connectivity index (χ4v) is 4.71. The minimum Gasteiger partial charge on any atom is -0.507 e. The van der Waals surface area contributed by atoms with E-state index < -0.39 is 0 Å². The lowest BCUT2D eigenvalue weighted by molar-refractivity contribution is -0.142. The highest BCUT2D eigenvalue weighted by atomic mass is 32.2. The molecule has 5 heteroatoms. The van der Waals surface area contributed by atoms with Crippen LogP contribution in [0, 0.1) is 0 Å². The van der Waals surface area contributed by atoms with Crippen LogP contribution in [-0.2, 0) is 22.0 Å². The van der Waals surface area contributed by atoms with E-state index in [2.05, 4.69) is 60.6 Å². The fourth-order valence-electron chi connectivity index (χ4n) is 3.49. The molecule has 2 rings (SSSR count). The monoisotopic (exact) mass is 392 g/mol. The molecule has 1 aliphatic rings. The van der Waals surface area contributed by atoms with Crippen molar-refractivity contribution in [2.24, 2.45) is 0 Å². The predicted molar refractivity (Wildman–Crippen MR) is 115 cm³/mol. The van der Waals surface area contributed by atoms with Crippen molar-refractivity contribution in [2.45, 2.75) is 77.4 Å². The Hall–Kier alpha value is -1.20. The molecule has 27 heavy (non-hydrogen) atoms. The van der Waals surface area contributed by atoms with Gasteiger partial charge in [0.1, 0.15) is 5.75 Å². The molecule has 1 saturated heterocycles. The van der Waals surface area contributed by atoms with E-state index in [9.17, 15) is 9.90 Å². The SMILES string of the molecule is CCCN(C)N1CSC(Cc2cc(C(C)(C)C)c(O)c(C(C)(C)C)c2)C1=O. The van der Waals surface area contributed by atoms with Gasteiger partial charge in [0.05, 0.1) is 11.1 Å². The molecule has 1 N–H and O–H groups in total. The number of aromatic hydroxyl groups is 1. The van der Waals surface area contributed by atoms with Gasteiger partial charge in [0.25, 0.3) is 5.91 Å². The van der Waals surface area contributed by atoms with Crippen LogP contribution in [0.2, 0.25) is 0 Å². The molecular formula is C22H36N2O2S. The Morgan fingerprint density at radius 1 is 1.15 bits per heavy atom. The molecule has 152 valence electrons. The molecular weight excluding hydrogens is 356 g/mol. The van der Waals surface area contributed by atoms with E-state index in [1.54, 1.807) is 11.8 Å². The second-order valence-corrected chi connectivity index (χ2v) is 10.8. The summed E-state index contributed by atoms with van der Waals surface area (Å²) < 4.78 is 0. The summed E-state index contributed by atoms with van der Waals surface area (Å²) in [4.78, 5) is 12.9. The van der Waals surface area contributed by atoms with Gasteiger partial charge in [-0.2, -0.15) is 0 Å². The van der Waals surface area contributed by atoms with Crippen LogP contribution in [0.3, 0.4) is 0 Å². The molecule has 1 aliphatic heterocycles. The number of carbonyl (C=O) groups excluding carboxylic acids is 1. The first-order valence-corrected chi connectivity index (χ1v) is 10.9. The number of nitrogens with zero attached hydrogens (tertiary/aromatic N) is 2. The summed E-state index contributed by atoms with van der Waals surface area (Å²) >= 11 is 1.71. The third-order valence-electron chi connectivity index (χ3n) is 5.09. The highest BCUT2D eigenvalue weighted by Crippen LogP contribution is 2.40. The van der Waals surface area contributed by atoms with Crippen molar-refractivity contribution in [2.75, 3.05) is 19.5 Å². The van der Waals surface area contributed by atoms with Crippen molar-refractivity contribution in [1.82, 2.24) is 10.0 Å². The van der Waals surface area contributed by atoms with E-state index >= 15 is 0 Å². The van der Waals surface area contributed by atoms with Gasteiger partial charge in [-0.3, -0.25) is 9.80 Å². The first kappa shape index (κ1) is 22.1. The van der Waals surface area contributed by atoms with Crippen LogP contribution in [0.1, 0.15) is 71.6 Å². The largest absolute Gasteiger partial charge is 0.507 e. The van der Waals surface area contributed by atoms with Gasteiger partial charge in [-0.1, -0.05) is 60.6 Å². The summed E-state index contributed by atoms with van der Waals surface area (Å²) in [5.41, 5.74) is 2.75. The van der Waals surface area contributed by atoms with Crippen molar-refractivity contribution in [3.8, 4) is 5.75 Å². The lowest BCUT2D eigenvalue weighted by Crippen LogP contribution is -2.43. The lowest BCUT2D eigenvalue weighted by Gasteiger charge is -2.29. The average molecular weight is 393 g/mol. The van der Waals surface area contributed by atoms with Crippen LogP contribution < -0.4 is 0 Å². The fraction of sp³-hybridized carbons (Fsp3) is 0.682. The number of hydrazine groups is 1. The summed E-state index contributed by atoms with van der Waals surface area (Å²) in [6, 6.07) is 4.19. The van der Waals surface area contributed by atoms with Gasteiger partial charge in [-0.25, -0.2) is 5.01 Å². The molecule has 1 atom stereocenters. The Labute approximate surface area is 169 Å². The molecule has 1 heterocycles. The van der Waals surface area contributed by atoms with Crippen molar-refractivity contribution < 1.29 is 9.90 Å². The van der Waals surface area contributed by atoms with Crippen LogP contribution in [0.4, 0.5) is 0 Å². The Bertz CT molecular complexity index is 654. The zero-order valence-electron chi connectivity index (χ0n) is 18.2. The highest BCUT2D eigenvalue weighted by molar-refractivity contribution is 8.01. The van der Waals surface area contributed by atoms with Crippen molar-refractivity contribution in [1.29, 1.82) is 0 Å². The summed E-state index contributed by atoms with van der Waals surface area (Å²) in [5.74, 6) is 1.31. The van der Waals surface area contributed by atoms with Crippen LogP contribution in [0.25, 0.3) is 0 Å². The van der Waals surface area contributed by atoms with Crippen molar-refractivity contribution in [3.63, 3.8) is 0 Å². The van der Waals surface area contributed by atoms with E-state index in [-0.39, 0.29) is 22.0 Å². The van der Waals surface area contributed by atoms with Gasteiger partial charge >= 0.3 is 0 Å². The van der Waals surface area contributed by atoms with Crippen molar-refractivity contribution in [3.05, 3.63) is 28.8 Å². The number of hydrogen-bond acceptors (Lipinski definition) is 4. The topological polar surface area (TPSA) is 43.8 Å². The third-order valence-corrected chi connectivity index (χ3v) is 6.26. The number of amides is 1. The molecule has 0 saturated carbocycles. The Kier molecular flexibility index (Phi) is 6.58. The minimum atomic E-state index is -0.152. The van der Waals surface area contributed by atoms with Gasteiger partial charge < -0.3 is 5.11 Å². The molecule has 0 aromatic heterocycles. The number of benzene rings is 1. The van der Waals surface area contributed by atoms with Gasteiger partial charge in [0.2, 0.25) is 0 Å². The number of thioether (sulfide) groups is 1. The molecule has 0 radical (unpaired) electrons. The second-order valence-electron chi connectivity index (χ2n) is 9.65. The Morgan fingerprint density at radius 3 is 2.11 bits per heavy atom. The molecule has 4 nitrogen and oxygen atoms in total. The smallest absolute Gasteiger partial charge is 0.251 e. The quantitative estimate of drug-likeness (QED) is 0.790. The second kappa shape index (κ2) is 8.04. The van der Waals surface area contributed by atoms with Gasteiger partial charge in [0.15, 0.2) is 0 Å². The first-order chi connectivity index (χ1) is 12.4. The van der Waals surface area contributed by atoms with Gasteiger partial charge in [-0.05, 0) is 40.4 Å². The number of phenols is 1. The van der Waals surface area contributed by atoms with Crippen LogP contribution in [-0.4, -0.2) is 45.8 Å². The van der Waals surface area contributed by atoms with Gasteiger partial charge in [-0.15, -0.1) is 11.8 Å². The molecule has 0 bridgehead atoms. The minimum absolute atomic E-state index is 0.0607. The van der Waals surface area contributed by atoms with E-state index in [4.69, 9.17) is 0 Å². The van der Waals surface area contributed by atoms with Gasteiger partial charge in [0, 0.05) is 13.6 Å². The van der Waals surface area contributed by atoms with E-state index in [0.29, 0.717) is 12.2 Å². The summed E-state index contributed by atoms with van der Waals surface area (Å²) in [5, 5.41) is 14.7. The number of hydrogen-bond donors (Lipinski definition) is 1. The Morgan fingerprint density at radius 2 is 1.67 bits per heavy atom. The standard InChI is InChI=1S/C22H36N2O2S/c1-9-10-23(8)24-14-27-18(20(24)26)13-15-11-16(21(2,3)4)19(25)17(12-15)22(5,6)7/h11-12,18,25H,9-10,13-14H2,1-8H3. The summed E-state index contributed by atoms with van der Waals surface area (Å²) in [7, 11) is 1.99. The molecule has 1 aromatic rings. The number of rotatable bonds is 5. The molecule has 1 fully saturated rings. The van der Waals surface area contributed by atoms with E-state index in [1.165, 1.54) is 0 Å². The normalized spacial score (nSPS) is 18.6. The zero-order chi connectivity index (χ0) is 20.6. The third kappa shape index (κ3) is 5.00. The van der Waals surface area contributed by atoms with Crippen LogP contribution in [0.15, 0.2) is 12.1 Å². The van der Waals surface area contributed by atoms with Crippen LogP contribution >= 0.6 is 11.8 Å². The molecule has 1 amide bonds. The maximum atomic E-state index is 12.9. The van der Waals surface area contributed by atoms with Crippen molar-refractivity contribution >= 4 is 17.7 Å². The lowest BCUT2D eigenvalue weighted by atomic mass is 9.78. The van der Waals surface area contributed by atoms with Crippen LogP contribution in [0.5, 0.6) is 5.75 Å². The maximum absolute atomic E-state index is 12.9. The summed E-state index contributed by atoms with van der Waals surface area (Å²) in [6.07, 6.45) is 1.73. The Balaban J connectivity index is 2.33. The van der Waals surface area contributed by atoms with E-state index in [0.717, 1.165) is 35.5 Å². The maximum Gasteiger partial charge on any atom is 0.251 e. The molecule has 1 unspecified atom stereocenters. The average Bonchev–Trinajstić information content (AvgIpc) is 2.88. The number of carbonyl (C=O) groups is 1. The van der Waals surface area contributed by atoms with E-state index in [1.807, 2.05) is 17.1 Å². The number of phenolic OH excluding ortho intramolecular Hbond substituents is 1. The molecule has 0 spiro atoms. The zero-order valence-corrected chi connectivity index (χ0v) is 19.0.